The lowest BCUT2D eigenvalue weighted by molar-refractivity contribution is -0.145. The van der Waals surface area contributed by atoms with Crippen LogP contribution in [0.1, 0.15) is 33.6 Å². The lowest BCUT2D eigenvalue weighted by Gasteiger charge is -2.11. The third kappa shape index (κ3) is 6.20. The van der Waals surface area contributed by atoms with Gasteiger partial charge in [-0.3, -0.25) is 4.79 Å². The van der Waals surface area contributed by atoms with E-state index in [0.29, 0.717) is 30.1 Å². The number of imidazole rings is 1. The Morgan fingerprint density at radius 1 is 1.37 bits per heavy atom. The van der Waals surface area contributed by atoms with Crippen molar-refractivity contribution >= 4 is 30.9 Å². The molecule has 0 aliphatic carbocycles. The summed E-state index contributed by atoms with van der Waals surface area (Å²) in [7, 11) is -1.90. The third-order valence-corrected chi connectivity index (χ3v) is 4.85. The minimum Gasteiger partial charge on any atom is -0.464 e. The zero-order valence-corrected chi connectivity index (χ0v) is 16.7. The second-order valence-electron chi connectivity index (χ2n) is 6.18. The van der Waals surface area contributed by atoms with Gasteiger partial charge >= 0.3 is 13.9 Å². The van der Waals surface area contributed by atoms with Crippen molar-refractivity contribution in [2.75, 3.05) is 18.7 Å². The van der Waals surface area contributed by atoms with Gasteiger partial charge in [0.1, 0.15) is 17.9 Å². The minimum absolute atomic E-state index is 0.0210. The van der Waals surface area contributed by atoms with Crippen LogP contribution in [0.3, 0.4) is 0 Å². The number of hydrogen-bond donors (Lipinski definition) is 2. The molecule has 0 saturated carbocycles. The van der Waals surface area contributed by atoms with Crippen LogP contribution in [0.25, 0.3) is 11.2 Å². The Morgan fingerprint density at radius 3 is 2.89 bits per heavy atom. The highest BCUT2D eigenvalue weighted by Gasteiger charge is 2.26. The van der Waals surface area contributed by atoms with Gasteiger partial charge in [-0.2, -0.15) is 0 Å². The van der Waals surface area contributed by atoms with Crippen molar-refractivity contribution in [3.63, 3.8) is 0 Å². The number of nitrogen functional groups attached to an aromatic ring is 1. The summed E-state index contributed by atoms with van der Waals surface area (Å²) in [4.78, 5) is 24.0. The molecule has 3 atom stereocenters. The van der Waals surface area contributed by atoms with Crippen LogP contribution < -0.4 is 10.8 Å². The molecule has 10 nitrogen and oxygen atoms in total. The number of carbonyl (C=O) groups is 1. The molecule has 3 N–H and O–H groups in total. The molecule has 3 unspecified atom stereocenters. The van der Waals surface area contributed by atoms with Crippen LogP contribution >= 0.6 is 7.95 Å². The second-order valence-corrected chi connectivity index (χ2v) is 7.46. The van der Waals surface area contributed by atoms with Crippen LogP contribution in [0.2, 0.25) is 0 Å². The number of nitrogens with one attached hydrogen (secondary N) is 1. The summed E-state index contributed by atoms with van der Waals surface area (Å²) in [6.45, 7) is 6.32. The minimum atomic E-state index is -1.90. The van der Waals surface area contributed by atoms with Crippen molar-refractivity contribution in [1.29, 1.82) is 0 Å². The van der Waals surface area contributed by atoms with Crippen molar-refractivity contribution in [2.45, 2.75) is 52.3 Å². The molecular formula is C16H26N6O4P+. The summed E-state index contributed by atoms with van der Waals surface area (Å²) in [5.41, 5.74) is 6.91. The molecule has 2 aromatic heterocycles. The van der Waals surface area contributed by atoms with Gasteiger partial charge in [0.25, 0.3) is 6.35 Å². The van der Waals surface area contributed by atoms with E-state index in [2.05, 4.69) is 20.0 Å². The smallest absolute Gasteiger partial charge is 0.461 e. The van der Waals surface area contributed by atoms with Crippen molar-refractivity contribution in [1.82, 2.24) is 24.6 Å². The molecular weight excluding hydrogens is 371 g/mol. The molecule has 27 heavy (non-hydrogen) atoms. The first-order chi connectivity index (χ1) is 12.9. The average Bonchev–Trinajstić information content (AvgIpc) is 3.04. The van der Waals surface area contributed by atoms with Gasteiger partial charge in [0, 0.05) is 0 Å². The van der Waals surface area contributed by atoms with E-state index in [1.165, 1.54) is 6.33 Å². The Labute approximate surface area is 158 Å². The van der Waals surface area contributed by atoms with E-state index in [9.17, 15) is 9.36 Å². The van der Waals surface area contributed by atoms with Crippen LogP contribution in [0, 0.1) is 0 Å². The number of esters is 1. The molecule has 2 heterocycles. The van der Waals surface area contributed by atoms with E-state index in [4.69, 9.17) is 15.2 Å². The van der Waals surface area contributed by atoms with Crippen molar-refractivity contribution in [2.24, 2.45) is 0 Å². The quantitative estimate of drug-likeness (QED) is 0.331. The lowest BCUT2D eigenvalue weighted by atomic mass is 10.3. The summed E-state index contributed by atoms with van der Waals surface area (Å²) >= 11 is 0. The van der Waals surface area contributed by atoms with Gasteiger partial charge in [-0.1, -0.05) is 18.4 Å². The molecule has 0 aliphatic rings. The number of nitrogens with zero attached hydrogens (tertiary/aromatic N) is 4. The predicted octanol–water partition coefficient (Wildman–Crippen LogP) is 1.83. The molecule has 0 radical (unpaired) electrons. The molecule has 0 saturated heterocycles. The average molecular weight is 397 g/mol. The summed E-state index contributed by atoms with van der Waals surface area (Å²) in [6.07, 6.45) is 4.48. The van der Waals surface area contributed by atoms with Gasteiger partial charge in [-0.25, -0.2) is 15.0 Å². The highest BCUT2D eigenvalue weighted by atomic mass is 31.1. The zero-order chi connectivity index (χ0) is 19.8. The number of rotatable bonds is 11. The van der Waals surface area contributed by atoms with E-state index in [1.54, 1.807) is 17.8 Å². The third-order valence-electron chi connectivity index (χ3n) is 3.79. The fourth-order valence-electron chi connectivity index (χ4n) is 2.31. The molecule has 11 heteroatoms. The first-order valence-corrected chi connectivity index (χ1v) is 10.3. The number of carbonyl (C=O) groups excluding carboxylic acids is 1. The van der Waals surface area contributed by atoms with Crippen LogP contribution in [0.4, 0.5) is 5.82 Å². The Hall–Kier alpha value is -2.16. The molecule has 0 spiro atoms. The largest absolute Gasteiger partial charge is 0.464 e. The molecule has 2 rings (SSSR count). The predicted molar refractivity (Wildman–Crippen MR) is 101 cm³/mol. The normalized spacial score (nSPS) is 14.1. The summed E-state index contributed by atoms with van der Waals surface area (Å²) in [6, 6.07) is -0.651. The first kappa shape index (κ1) is 21.1. The number of aromatic nitrogens is 4. The highest BCUT2D eigenvalue weighted by molar-refractivity contribution is 7.42. The van der Waals surface area contributed by atoms with Gasteiger partial charge in [0.15, 0.2) is 11.5 Å². The van der Waals surface area contributed by atoms with Crippen LogP contribution in [0.5, 0.6) is 0 Å². The fraction of sp³-hybridized carbons (Fsp3) is 0.625. The number of anilines is 1. The Morgan fingerprint density at radius 2 is 2.15 bits per heavy atom. The standard InChI is InChI=1S/C16H26N6O4P/c1-4-5-6-25-16(23)12(3)21-27(24)10-26-11(2)7-22-9-20-13-14(17)18-8-19-15(13)22/h8-9,11-12H,4-7,10H2,1-3H3,(H,21,24)(H2,17,18,19)/q+1. The molecule has 0 aliphatic heterocycles. The maximum Gasteiger partial charge on any atom is 0.461 e. The van der Waals surface area contributed by atoms with Gasteiger partial charge in [-0.05, 0) is 24.8 Å². The van der Waals surface area contributed by atoms with Crippen LogP contribution in [-0.4, -0.2) is 50.6 Å². The first-order valence-electron chi connectivity index (χ1n) is 8.82. The summed E-state index contributed by atoms with van der Waals surface area (Å²) < 4.78 is 24.6. The number of fused-ring (bicyclic) bond motifs is 1. The fourth-order valence-corrected chi connectivity index (χ4v) is 3.31. The van der Waals surface area contributed by atoms with E-state index >= 15 is 0 Å². The number of hydrogen-bond acceptors (Lipinski definition) is 8. The number of unbranched alkanes of at least 4 members (excludes halogenated alkanes) is 1. The van der Waals surface area contributed by atoms with E-state index < -0.39 is 20.0 Å². The maximum atomic E-state index is 12.1. The monoisotopic (exact) mass is 397 g/mol. The Bertz CT molecular complexity index is 783. The SMILES string of the molecule is CCCCOC(=O)C(C)N[P+](=O)COC(C)Cn1cnc2c(N)ncnc21. The second kappa shape index (κ2) is 10.2. The van der Waals surface area contributed by atoms with Gasteiger partial charge in [0.2, 0.25) is 0 Å². The van der Waals surface area contributed by atoms with E-state index in [1.807, 2.05) is 13.8 Å². The maximum absolute atomic E-state index is 12.1. The molecule has 0 amide bonds. The molecule has 2 aromatic rings. The highest BCUT2D eigenvalue weighted by Crippen LogP contribution is 2.19. The lowest BCUT2D eigenvalue weighted by Crippen LogP contribution is -2.32. The van der Waals surface area contributed by atoms with Gasteiger partial charge in [-0.15, -0.1) is 0 Å². The van der Waals surface area contributed by atoms with Crippen molar-refractivity contribution in [3.8, 4) is 0 Å². The summed E-state index contributed by atoms with van der Waals surface area (Å²) in [5.74, 6) is -0.0959. The van der Waals surface area contributed by atoms with Crippen molar-refractivity contribution < 1.29 is 18.8 Å². The Balaban J connectivity index is 1.77. The summed E-state index contributed by atoms with van der Waals surface area (Å²) in [5, 5.41) is 2.71. The Kier molecular flexibility index (Phi) is 8.02. The van der Waals surface area contributed by atoms with Crippen molar-refractivity contribution in [3.05, 3.63) is 12.7 Å². The van der Waals surface area contributed by atoms with E-state index in [0.717, 1.165) is 12.8 Å². The topological polar surface area (TPSA) is 134 Å². The molecule has 148 valence electrons. The van der Waals surface area contributed by atoms with E-state index in [-0.39, 0.29) is 12.5 Å². The number of ether oxygens (including phenoxy) is 2. The molecule has 0 fully saturated rings. The molecule has 0 aromatic carbocycles. The van der Waals surface area contributed by atoms with Crippen LogP contribution in [-0.2, 0) is 25.4 Å². The number of nitrogens with two attached hydrogens (primary N) is 1. The van der Waals surface area contributed by atoms with Gasteiger partial charge in [0.05, 0.1) is 25.6 Å². The zero-order valence-electron chi connectivity index (χ0n) is 15.8. The van der Waals surface area contributed by atoms with Crippen LogP contribution in [0.15, 0.2) is 12.7 Å². The van der Waals surface area contributed by atoms with Gasteiger partial charge < -0.3 is 19.8 Å². The molecule has 0 bridgehead atoms.